The standard InChI is InChI=1S/C16H19N3O3S/c1-23(21,22)15-8-3-2-5-11(15)9-17-16(20)12-6-4-7-14-13(12)10-18-19-14/h2-3,5,8,10,12H,4,6-7,9H2,1H3,(H,17,20)(H,18,19). The van der Waals surface area contributed by atoms with Crippen molar-refractivity contribution in [1.82, 2.24) is 15.5 Å². The second kappa shape index (κ2) is 6.16. The van der Waals surface area contributed by atoms with E-state index in [1.54, 1.807) is 30.5 Å². The van der Waals surface area contributed by atoms with Crippen LogP contribution in [0.25, 0.3) is 0 Å². The molecule has 2 aromatic rings. The molecule has 7 heteroatoms. The number of aromatic amines is 1. The maximum atomic E-state index is 12.5. The molecule has 3 rings (SSSR count). The van der Waals surface area contributed by atoms with Crippen molar-refractivity contribution in [2.75, 3.05) is 6.26 Å². The monoisotopic (exact) mass is 333 g/mol. The Morgan fingerprint density at radius 1 is 1.39 bits per heavy atom. The number of fused-ring (bicyclic) bond motifs is 1. The molecule has 23 heavy (non-hydrogen) atoms. The number of aryl methyl sites for hydroxylation is 1. The first-order valence-corrected chi connectivity index (χ1v) is 9.44. The lowest BCUT2D eigenvalue weighted by atomic mass is 9.86. The van der Waals surface area contributed by atoms with E-state index >= 15 is 0 Å². The van der Waals surface area contributed by atoms with Crippen molar-refractivity contribution in [2.45, 2.75) is 36.6 Å². The molecule has 1 aromatic carbocycles. The highest BCUT2D eigenvalue weighted by atomic mass is 32.2. The summed E-state index contributed by atoms with van der Waals surface area (Å²) in [7, 11) is -3.31. The average molecular weight is 333 g/mol. The number of nitrogens with zero attached hydrogens (tertiary/aromatic N) is 1. The zero-order chi connectivity index (χ0) is 16.4. The molecule has 1 heterocycles. The van der Waals surface area contributed by atoms with E-state index in [2.05, 4.69) is 15.5 Å². The number of sulfone groups is 1. The first kappa shape index (κ1) is 15.7. The number of carbonyl (C=O) groups is 1. The van der Waals surface area contributed by atoms with Crippen LogP contribution in [0.1, 0.15) is 35.6 Å². The quantitative estimate of drug-likeness (QED) is 0.888. The lowest BCUT2D eigenvalue weighted by Gasteiger charge is -2.21. The molecule has 2 N–H and O–H groups in total. The van der Waals surface area contributed by atoms with Crippen molar-refractivity contribution < 1.29 is 13.2 Å². The van der Waals surface area contributed by atoms with Gasteiger partial charge in [-0.05, 0) is 30.9 Å². The summed E-state index contributed by atoms with van der Waals surface area (Å²) in [6, 6.07) is 6.73. The molecule has 0 bridgehead atoms. The Bertz CT molecular complexity index is 827. The van der Waals surface area contributed by atoms with E-state index in [9.17, 15) is 13.2 Å². The molecule has 1 aromatic heterocycles. The number of H-pyrrole nitrogens is 1. The third-order valence-corrected chi connectivity index (χ3v) is 5.39. The Kier molecular flexibility index (Phi) is 4.21. The van der Waals surface area contributed by atoms with Crippen LogP contribution in [0, 0.1) is 0 Å². The van der Waals surface area contributed by atoms with E-state index < -0.39 is 9.84 Å². The van der Waals surface area contributed by atoms with E-state index in [0.29, 0.717) is 5.56 Å². The minimum absolute atomic E-state index is 0.0874. The summed E-state index contributed by atoms with van der Waals surface area (Å²) < 4.78 is 23.6. The Balaban J connectivity index is 1.74. The van der Waals surface area contributed by atoms with Gasteiger partial charge in [0.25, 0.3) is 0 Å². The van der Waals surface area contributed by atoms with E-state index in [0.717, 1.165) is 30.5 Å². The summed E-state index contributed by atoms with van der Waals surface area (Å²) in [5.41, 5.74) is 2.57. The molecule has 0 fully saturated rings. The van der Waals surface area contributed by atoms with Crippen molar-refractivity contribution in [2.24, 2.45) is 0 Å². The zero-order valence-electron chi connectivity index (χ0n) is 12.9. The lowest BCUT2D eigenvalue weighted by molar-refractivity contribution is -0.123. The third kappa shape index (κ3) is 3.29. The molecule has 0 saturated heterocycles. The van der Waals surface area contributed by atoms with Crippen LogP contribution < -0.4 is 5.32 Å². The highest BCUT2D eigenvalue weighted by Crippen LogP contribution is 2.30. The SMILES string of the molecule is CS(=O)(=O)c1ccccc1CNC(=O)C1CCCc2[nH]ncc21. The minimum Gasteiger partial charge on any atom is -0.351 e. The van der Waals surface area contributed by atoms with Gasteiger partial charge in [0.15, 0.2) is 9.84 Å². The first-order chi connectivity index (χ1) is 11.0. The van der Waals surface area contributed by atoms with E-state index in [1.165, 1.54) is 6.26 Å². The summed E-state index contributed by atoms with van der Waals surface area (Å²) in [6.45, 7) is 0.200. The van der Waals surface area contributed by atoms with Gasteiger partial charge in [-0.15, -0.1) is 0 Å². The summed E-state index contributed by atoms with van der Waals surface area (Å²) in [5, 5.41) is 9.82. The second-order valence-corrected chi connectivity index (χ2v) is 7.83. The van der Waals surface area contributed by atoms with Crippen LogP contribution in [0.15, 0.2) is 35.4 Å². The van der Waals surface area contributed by atoms with Crippen LogP contribution in [0.5, 0.6) is 0 Å². The van der Waals surface area contributed by atoms with Crippen molar-refractivity contribution in [3.8, 4) is 0 Å². The van der Waals surface area contributed by atoms with Gasteiger partial charge in [-0.1, -0.05) is 18.2 Å². The molecule has 122 valence electrons. The summed E-state index contributed by atoms with van der Waals surface area (Å²) in [6.07, 6.45) is 5.52. The van der Waals surface area contributed by atoms with Crippen LogP contribution in [-0.2, 0) is 27.6 Å². The topological polar surface area (TPSA) is 91.9 Å². The molecule has 1 unspecified atom stereocenters. The van der Waals surface area contributed by atoms with Crippen LogP contribution in [0.3, 0.4) is 0 Å². The van der Waals surface area contributed by atoms with Crippen molar-refractivity contribution >= 4 is 15.7 Å². The molecule has 1 aliphatic rings. The molecule has 0 aliphatic heterocycles. The van der Waals surface area contributed by atoms with Crippen LogP contribution in [0.2, 0.25) is 0 Å². The number of carbonyl (C=O) groups excluding carboxylic acids is 1. The number of amides is 1. The second-order valence-electron chi connectivity index (χ2n) is 5.85. The highest BCUT2D eigenvalue weighted by Gasteiger charge is 2.28. The number of nitrogens with one attached hydrogen (secondary N) is 2. The fourth-order valence-electron chi connectivity index (χ4n) is 3.05. The minimum atomic E-state index is -3.31. The molecule has 6 nitrogen and oxygen atoms in total. The van der Waals surface area contributed by atoms with Gasteiger partial charge in [-0.25, -0.2) is 8.42 Å². The third-order valence-electron chi connectivity index (χ3n) is 4.19. The highest BCUT2D eigenvalue weighted by molar-refractivity contribution is 7.90. The molecule has 1 amide bonds. The van der Waals surface area contributed by atoms with Gasteiger partial charge in [0.1, 0.15) is 0 Å². The number of benzene rings is 1. The maximum absolute atomic E-state index is 12.5. The fourth-order valence-corrected chi connectivity index (χ4v) is 3.99. The zero-order valence-corrected chi connectivity index (χ0v) is 13.7. The summed E-state index contributed by atoms with van der Waals surface area (Å²) >= 11 is 0. The van der Waals surface area contributed by atoms with Gasteiger partial charge < -0.3 is 5.32 Å². The average Bonchev–Trinajstić information content (AvgIpc) is 3.00. The van der Waals surface area contributed by atoms with Gasteiger partial charge in [-0.3, -0.25) is 9.89 Å². The molecule has 0 radical (unpaired) electrons. The number of rotatable bonds is 4. The molecule has 1 atom stereocenters. The number of aromatic nitrogens is 2. The van der Waals surface area contributed by atoms with Gasteiger partial charge in [0.05, 0.1) is 17.0 Å². The number of hydrogen-bond acceptors (Lipinski definition) is 4. The van der Waals surface area contributed by atoms with Crippen molar-refractivity contribution in [3.05, 3.63) is 47.3 Å². The first-order valence-electron chi connectivity index (χ1n) is 7.54. The van der Waals surface area contributed by atoms with Crippen LogP contribution in [-0.4, -0.2) is 30.8 Å². The molecular weight excluding hydrogens is 314 g/mol. The summed E-state index contributed by atoms with van der Waals surface area (Å²) in [4.78, 5) is 12.7. The fraction of sp³-hybridized carbons (Fsp3) is 0.375. The number of hydrogen-bond donors (Lipinski definition) is 2. The molecule has 0 spiro atoms. The predicted octanol–water partition coefficient (Wildman–Crippen LogP) is 1.55. The van der Waals surface area contributed by atoms with Crippen molar-refractivity contribution in [1.29, 1.82) is 0 Å². The molecular formula is C16H19N3O3S. The normalized spacial score (nSPS) is 17.5. The van der Waals surface area contributed by atoms with E-state index in [4.69, 9.17) is 0 Å². The maximum Gasteiger partial charge on any atom is 0.227 e. The Morgan fingerprint density at radius 3 is 2.96 bits per heavy atom. The van der Waals surface area contributed by atoms with Gasteiger partial charge in [-0.2, -0.15) is 5.10 Å². The van der Waals surface area contributed by atoms with E-state index in [-0.39, 0.29) is 23.3 Å². The molecule has 1 aliphatic carbocycles. The predicted molar refractivity (Wildman–Crippen MR) is 85.7 cm³/mol. The van der Waals surface area contributed by atoms with Crippen LogP contribution >= 0.6 is 0 Å². The van der Waals surface area contributed by atoms with Crippen LogP contribution in [0.4, 0.5) is 0 Å². The van der Waals surface area contributed by atoms with Crippen molar-refractivity contribution in [3.63, 3.8) is 0 Å². The Morgan fingerprint density at radius 2 is 2.17 bits per heavy atom. The largest absolute Gasteiger partial charge is 0.351 e. The summed E-state index contributed by atoms with van der Waals surface area (Å²) in [5.74, 6) is -0.307. The Labute approximate surface area is 135 Å². The van der Waals surface area contributed by atoms with E-state index in [1.807, 2.05) is 0 Å². The van der Waals surface area contributed by atoms with Gasteiger partial charge >= 0.3 is 0 Å². The smallest absolute Gasteiger partial charge is 0.227 e. The van der Waals surface area contributed by atoms with Gasteiger partial charge in [0, 0.05) is 24.1 Å². The lowest BCUT2D eigenvalue weighted by Crippen LogP contribution is -2.31. The Hall–Kier alpha value is -2.15. The van der Waals surface area contributed by atoms with Gasteiger partial charge in [0.2, 0.25) is 5.91 Å². The molecule has 0 saturated carbocycles.